The van der Waals surface area contributed by atoms with Crippen molar-refractivity contribution in [2.45, 2.75) is 13.5 Å². The summed E-state index contributed by atoms with van der Waals surface area (Å²) in [7, 11) is 0. The number of para-hydroxylation sites is 1. The normalized spacial score (nSPS) is 10.5. The molecule has 0 fully saturated rings. The summed E-state index contributed by atoms with van der Waals surface area (Å²) in [4.78, 5) is 52.8. The van der Waals surface area contributed by atoms with Gasteiger partial charge in [-0.15, -0.1) is 0 Å². The van der Waals surface area contributed by atoms with Crippen molar-refractivity contribution in [3.8, 4) is 5.75 Å². The van der Waals surface area contributed by atoms with Gasteiger partial charge in [0.25, 0.3) is 11.5 Å². The summed E-state index contributed by atoms with van der Waals surface area (Å²) in [6.45, 7) is 0.792. The fourth-order valence-electron chi connectivity index (χ4n) is 3.14. The van der Waals surface area contributed by atoms with Crippen LogP contribution < -0.4 is 26.6 Å². The van der Waals surface area contributed by atoms with E-state index < -0.39 is 29.7 Å². The number of amides is 1. The summed E-state index contributed by atoms with van der Waals surface area (Å²) >= 11 is 0. The molecule has 0 saturated heterocycles. The van der Waals surface area contributed by atoms with Gasteiger partial charge in [-0.1, -0.05) is 48.5 Å². The summed E-state index contributed by atoms with van der Waals surface area (Å²) in [5.41, 5.74) is 5.23. The highest BCUT2D eigenvalue weighted by Crippen LogP contribution is 2.18. The van der Waals surface area contributed by atoms with Gasteiger partial charge >= 0.3 is 11.7 Å². The van der Waals surface area contributed by atoms with Gasteiger partial charge in [0.15, 0.2) is 18.9 Å². The van der Waals surface area contributed by atoms with E-state index in [1.165, 1.54) is 4.57 Å². The van der Waals surface area contributed by atoms with Crippen LogP contribution in [0, 0.1) is 0 Å². The summed E-state index contributed by atoms with van der Waals surface area (Å²) in [5, 5.41) is 0. The number of likely N-dealkylation sites (N-methyl/N-ethyl adjacent to an activating group) is 1. The highest BCUT2D eigenvalue weighted by atomic mass is 16.6. The van der Waals surface area contributed by atoms with Crippen LogP contribution in [0.2, 0.25) is 0 Å². The first-order valence-corrected chi connectivity index (χ1v) is 10.2. The molecular formula is C23H24N4O6. The average molecular weight is 452 g/mol. The van der Waals surface area contributed by atoms with Gasteiger partial charge in [-0.25, -0.2) is 9.59 Å². The molecule has 172 valence electrons. The predicted molar refractivity (Wildman–Crippen MR) is 122 cm³/mol. The van der Waals surface area contributed by atoms with E-state index in [1.54, 1.807) is 61.5 Å². The Balaban J connectivity index is 1.72. The Kier molecular flexibility index (Phi) is 7.64. The monoisotopic (exact) mass is 452 g/mol. The number of nitrogens with two attached hydrogens (primary N) is 1. The van der Waals surface area contributed by atoms with E-state index in [9.17, 15) is 19.2 Å². The summed E-state index contributed by atoms with van der Waals surface area (Å²) < 4.78 is 11.4. The molecule has 33 heavy (non-hydrogen) atoms. The van der Waals surface area contributed by atoms with Gasteiger partial charge in [0.05, 0.1) is 6.54 Å². The fourth-order valence-corrected chi connectivity index (χ4v) is 3.14. The molecule has 2 aromatic carbocycles. The lowest BCUT2D eigenvalue weighted by atomic mass is 10.2. The second-order valence-electron chi connectivity index (χ2n) is 6.97. The van der Waals surface area contributed by atoms with E-state index in [-0.39, 0.29) is 31.2 Å². The van der Waals surface area contributed by atoms with Crippen molar-refractivity contribution in [3.63, 3.8) is 0 Å². The van der Waals surface area contributed by atoms with Gasteiger partial charge in [0.1, 0.15) is 11.6 Å². The molecule has 0 bridgehead atoms. The number of nitrogen functional groups attached to an aromatic ring is 1. The Morgan fingerprint density at radius 3 is 2.27 bits per heavy atom. The molecule has 0 aliphatic carbocycles. The lowest BCUT2D eigenvalue weighted by molar-refractivity contribution is -0.149. The van der Waals surface area contributed by atoms with Gasteiger partial charge in [-0.05, 0) is 24.6 Å². The lowest BCUT2D eigenvalue weighted by Crippen LogP contribution is -2.42. The van der Waals surface area contributed by atoms with Gasteiger partial charge in [-0.2, -0.15) is 0 Å². The highest BCUT2D eigenvalue weighted by molar-refractivity contribution is 5.97. The molecule has 0 aliphatic heterocycles. The number of rotatable bonds is 9. The Bertz CT molecular complexity index is 1220. The van der Waals surface area contributed by atoms with Gasteiger partial charge in [-0.3, -0.25) is 19.1 Å². The van der Waals surface area contributed by atoms with Crippen LogP contribution in [0.25, 0.3) is 0 Å². The van der Waals surface area contributed by atoms with E-state index in [1.807, 2.05) is 6.07 Å². The molecular weight excluding hydrogens is 428 g/mol. The van der Waals surface area contributed by atoms with Crippen LogP contribution in [-0.2, 0) is 20.9 Å². The zero-order valence-corrected chi connectivity index (χ0v) is 18.0. The Hall–Kier alpha value is -4.34. The molecule has 0 unspecified atom stereocenters. The van der Waals surface area contributed by atoms with Crippen LogP contribution in [0.3, 0.4) is 0 Å². The summed E-state index contributed by atoms with van der Waals surface area (Å²) in [6, 6.07) is 17.7. The molecule has 10 heteroatoms. The third-order valence-corrected chi connectivity index (χ3v) is 4.74. The first kappa shape index (κ1) is 23.3. The molecule has 3 aromatic rings. The summed E-state index contributed by atoms with van der Waals surface area (Å²) in [6.07, 6.45) is 0. The predicted octanol–water partition coefficient (Wildman–Crippen LogP) is 1.14. The number of esters is 1. The minimum Gasteiger partial charge on any atom is -0.482 e. The van der Waals surface area contributed by atoms with Crippen LogP contribution in [0.1, 0.15) is 12.5 Å². The van der Waals surface area contributed by atoms with Gasteiger partial charge in [0.2, 0.25) is 0 Å². The average Bonchev–Trinajstić information content (AvgIpc) is 2.82. The Morgan fingerprint density at radius 2 is 1.64 bits per heavy atom. The molecule has 0 aliphatic rings. The zero-order valence-electron chi connectivity index (χ0n) is 18.0. The van der Waals surface area contributed by atoms with E-state index in [2.05, 4.69) is 4.98 Å². The van der Waals surface area contributed by atoms with E-state index in [0.717, 1.165) is 10.5 Å². The highest BCUT2D eigenvalue weighted by Gasteiger charge is 2.24. The number of benzene rings is 2. The number of aromatic amines is 1. The molecule has 0 radical (unpaired) electrons. The zero-order chi connectivity index (χ0) is 23.8. The first-order chi connectivity index (χ1) is 15.9. The lowest BCUT2D eigenvalue weighted by Gasteiger charge is -2.23. The molecule has 0 atom stereocenters. The Labute approximate surface area is 189 Å². The number of nitrogens with one attached hydrogen (secondary N) is 1. The molecule has 0 spiro atoms. The maximum atomic E-state index is 12.7. The number of ether oxygens (including phenoxy) is 2. The van der Waals surface area contributed by atoms with Crippen molar-refractivity contribution in [2.75, 3.05) is 30.4 Å². The van der Waals surface area contributed by atoms with Crippen LogP contribution in [0.5, 0.6) is 5.75 Å². The molecule has 1 amide bonds. The minimum absolute atomic E-state index is 0.0632. The van der Waals surface area contributed by atoms with Crippen LogP contribution in [0.15, 0.2) is 70.3 Å². The van der Waals surface area contributed by atoms with Crippen molar-refractivity contribution in [2.24, 2.45) is 0 Å². The second kappa shape index (κ2) is 10.8. The number of carbonyl (C=O) groups is 2. The second-order valence-corrected chi connectivity index (χ2v) is 6.97. The van der Waals surface area contributed by atoms with E-state index in [0.29, 0.717) is 5.75 Å². The van der Waals surface area contributed by atoms with Crippen molar-refractivity contribution in [1.82, 2.24) is 9.55 Å². The molecule has 3 N–H and O–H groups in total. The standard InChI is InChI=1S/C23H24N4O6/c1-2-26(18(28)14-33-19(29)15-32-17-11-7-4-8-12-17)20-21(24)27(23(31)25-22(20)30)13-16-9-5-3-6-10-16/h3-12H,2,13-15,24H2,1H3,(H,25,30,31). The largest absolute Gasteiger partial charge is 0.482 e. The number of hydrogen-bond donors (Lipinski definition) is 2. The molecule has 3 rings (SSSR count). The maximum absolute atomic E-state index is 12.7. The maximum Gasteiger partial charge on any atom is 0.344 e. The van der Waals surface area contributed by atoms with E-state index >= 15 is 0 Å². The van der Waals surface area contributed by atoms with Gasteiger partial charge < -0.3 is 20.1 Å². The molecule has 1 aromatic heterocycles. The van der Waals surface area contributed by atoms with Crippen LogP contribution in [0.4, 0.5) is 11.5 Å². The van der Waals surface area contributed by atoms with Crippen LogP contribution in [-0.4, -0.2) is 41.2 Å². The smallest absolute Gasteiger partial charge is 0.344 e. The molecule has 1 heterocycles. The minimum atomic E-state index is -0.809. The third kappa shape index (κ3) is 5.88. The molecule has 0 saturated carbocycles. The fraction of sp³-hybridized carbons (Fsp3) is 0.217. The SMILES string of the molecule is CCN(C(=O)COC(=O)COc1ccccc1)c1c(N)n(Cc2ccccc2)c(=O)[nH]c1=O. The number of nitrogens with zero attached hydrogens (tertiary/aromatic N) is 2. The van der Waals surface area contributed by atoms with Crippen molar-refractivity contribution < 1.29 is 19.1 Å². The van der Waals surface area contributed by atoms with Crippen molar-refractivity contribution in [3.05, 3.63) is 87.1 Å². The van der Waals surface area contributed by atoms with Crippen LogP contribution >= 0.6 is 0 Å². The number of aromatic nitrogens is 2. The number of hydrogen-bond acceptors (Lipinski definition) is 7. The number of anilines is 2. The Morgan fingerprint density at radius 1 is 1.00 bits per heavy atom. The van der Waals surface area contributed by atoms with Crippen molar-refractivity contribution >= 4 is 23.4 Å². The number of carbonyl (C=O) groups excluding carboxylic acids is 2. The molecule has 10 nitrogen and oxygen atoms in total. The quantitative estimate of drug-likeness (QED) is 0.465. The third-order valence-electron chi connectivity index (χ3n) is 4.74. The number of H-pyrrole nitrogens is 1. The van der Waals surface area contributed by atoms with Crippen molar-refractivity contribution in [1.29, 1.82) is 0 Å². The first-order valence-electron chi connectivity index (χ1n) is 10.2. The van der Waals surface area contributed by atoms with E-state index in [4.69, 9.17) is 15.2 Å². The topological polar surface area (TPSA) is 137 Å². The van der Waals surface area contributed by atoms with Gasteiger partial charge in [0, 0.05) is 6.54 Å². The summed E-state index contributed by atoms with van der Waals surface area (Å²) in [5.74, 6) is -1.11.